The second-order valence-electron chi connectivity index (χ2n) is 5.48. The van der Waals surface area contributed by atoms with E-state index in [4.69, 9.17) is 15.2 Å². The molecule has 0 aliphatic heterocycles. The fraction of sp³-hybridized carbons (Fsp3) is 0.412. The zero-order chi connectivity index (χ0) is 17.7. The predicted octanol–water partition coefficient (Wildman–Crippen LogP) is 2.02. The van der Waals surface area contributed by atoms with Gasteiger partial charge >= 0.3 is 0 Å². The van der Waals surface area contributed by atoms with Crippen LogP contribution in [0.3, 0.4) is 0 Å². The van der Waals surface area contributed by atoms with Crippen molar-refractivity contribution < 1.29 is 9.47 Å². The maximum atomic E-state index is 5.96. The van der Waals surface area contributed by atoms with Crippen molar-refractivity contribution in [3.05, 3.63) is 35.2 Å². The third kappa shape index (κ3) is 3.98. The summed E-state index contributed by atoms with van der Waals surface area (Å²) in [7, 11) is 5.14. The number of hydrogen-bond acceptors (Lipinski definition) is 4. The van der Waals surface area contributed by atoms with Crippen LogP contribution < -0.4 is 20.5 Å². The molecule has 0 unspecified atom stereocenters. The van der Waals surface area contributed by atoms with Gasteiger partial charge in [0.1, 0.15) is 0 Å². The van der Waals surface area contributed by atoms with E-state index in [1.165, 1.54) is 5.56 Å². The van der Waals surface area contributed by atoms with Crippen LogP contribution >= 0.6 is 0 Å². The van der Waals surface area contributed by atoms with E-state index in [0.29, 0.717) is 24.0 Å². The number of benzene rings is 1. The quantitative estimate of drug-likeness (QED) is 0.625. The summed E-state index contributed by atoms with van der Waals surface area (Å²) in [6, 6.07) is 5.49. The van der Waals surface area contributed by atoms with Gasteiger partial charge in [-0.15, -0.1) is 0 Å². The van der Waals surface area contributed by atoms with Gasteiger partial charge < -0.3 is 20.5 Å². The van der Waals surface area contributed by atoms with Crippen LogP contribution in [0.25, 0.3) is 0 Å². The summed E-state index contributed by atoms with van der Waals surface area (Å²) in [4.78, 5) is 4.38. The maximum absolute atomic E-state index is 5.96. The molecule has 0 amide bonds. The summed E-state index contributed by atoms with van der Waals surface area (Å²) in [5.41, 5.74) is 10.2. The summed E-state index contributed by atoms with van der Waals surface area (Å²) in [6.07, 6.45) is 0.805. The molecule has 1 heterocycles. The van der Waals surface area contributed by atoms with Crippen molar-refractivity contribution in [3.63, 3.8) is 0 Å². The van der Waals surface area contributed by atoms with E-state index in [1.54, 1.807) is 14.2 Å². The number of ether oxygens (including phenoxy) is 2. The van der Waals surface area contributed by atoms with Gasteiger partial charge in [0.05, 0.1) is 19.9 Å². The van der Waals surface area contributed by atoms with Gasteiger partial charge in [-0.3, -0.25) is 9.67 Å². The van der Waals surface area contributed by atoms with Crippen LogP contribution in [-0.2, 0) is 13.5 Å². The van der Waals surface area contributed by atoms with Crippen molar-refractivity contribution in [1.29, 1.82) is 0 Å². The Morgan fingerprint density at radius 3 is 2.54 bits per heavy atom. The van der Waals surface area contributed by atoms with Crippen LogP contribution in [0, 0.1) is 13.8 Å². The fourth-order valence-electron chi connectivity index (χ4n) is 2.57. The first-order chi connectivity index (χ1) is 11.5. The highest BCUT2D eigenvalue weighted by Crippen LogP contribution is 2.29. The minimum Gasteiger partial charge on any atom is -0.493 e. The van der Waals surface area contributed by atoms with Crippen molar-refractivity contribution in [2.24, 2.45) is 17.8 Å². The Morgan fingerprint density at radius 1 is 1.25 bits per heavy atom. The van der Waals surface area contributed by atoms with E-state index in [2.05, 4.69) is 22.3 Å². The molecular weight excluding hydrogens is 306 g/mol. The second-order valence-corrected chi connectivity index (χ2v) is 5.48. The molecule has 130 valence electrons. The molecule has 7 nitrogen and oxygen atoms in total. The Labute approximate surface area is 142 Å². The highest BCUT2D eigenvalue weighted by Gasteiger charge is 2.09. The zero-order valence-electron chi connectivity index (χ0n) is 14.9. The lowest BCUT2D eigenvalue weighted by molar-refractivity contribution is 0.355. The fourth-order valence-corrected chi connectivity index (χ4v) is 2.57. The first kappa shape index (κ1) is 17.7. The zero-order valence-corrected chi connectivity index (χ0v) is 14.9. The average Bonchev–Trinajstić information content (AvgIpc) is 2.80. The molecule has 2 aromatic rings. The van der Waals surface area contributed by atoms with Crippen molar-refractivity contribution >= 4 is 11.6 Å². The first-order valence-corrected chi connectivity index (χ1v) is 7.74. The van der Waals surface area contributed by atoms with Crippen LogP contribution in [0.15, 0.2) is 23.2 Å². The molecule has 0 aliphatic carbocycles. The van der Waals surface area contributed by atoms with Crippen molar-refractivity contribution in [2.75, 3.05) is 26.1 Å². The lowest BCUT2D eigenvalue weighted by Gasteiger charge is -2.11. The van der Waals surface area contributed by atoms with Crippen LogP contribution in [-0.4, -0.2) is 36.5 Å². The van der Waals surface area contributed by atoms with Crippen LogP contribution in [0.5, 0.6) is 11.5 Å². The Balaban J connectivity index is 1.99. The van der Waals surface area contributed by atoms with E-state index in [-0.39, 0.29) is 0 Å². The number of methoxy groups -OCH3 is 2. The van der Waals surface area contributed by atoms with Gasteiger partial charge in [-0.25, -0.2) is 0 Å². The summed E-state index contributed by atoms with van der Waals surface area (Å²) < 4.78 is 12.4. The monoisotopic (exact) mass is 331 g/mol. The smallest absolute Gasteiger partial charge is 0.193 e. The molecule has 0 saturated heterocycles. The molecule has 0 radical (unpaired) electrons. The Morgan fingerprint density at radius 2 is 1.96 bits per heavy atom. The molecule has 0 atom stereocenters. The van der Waals surface area contributed by atoms with Gasteiger partial charge in [-0.05, 0) is 38.0 Å². The van der Waals surface area contributed by atoms with Crippen molar-refractivity contribution in [2.45, 2.75) is 20.3 Å². The molecule has 24 heavy (non-hydrogen) atoms. The first-order valence-electron chi connectivity index (χ1n) is 7.74. The molecule has 0 aliphatic rings. The predicted molar refractivity (Wildman–Crippen MR) is 96.0 cm³/mol. The lowest BCUT2D eigenvalue weighted by atomic mass is 10.1. The van der Waals surface area contributed by atoms with Crippen molar-refractivity contribution in [3.8, 4) is 11.5 Å². The number of guanidine groups is 1. The Bertz CT molecular complexity index is 737. The normalized spacial score (nSPS) is 11.5. The number of aliphatic imine (C=N–C) groups is 1. The number of aryl methyl sites for hydroxylation is 2. The van der Waals surface area contributed by atoms with E-state index in [0.717, 1.165) is 23.5 Å². The third-order valence-corrected chi connectivity index (χ3v) is 3.96. The van der Waals surface area contributed by atoms with Gasteiger partial charge in [0.2, 0.25) is 0 Å². The molecule has 1 aromatic heterocycles. The summed E-state index contributed by atoms with van der Waals surface area (Å²) >= 11 is 0. The summed E-state index contributed by atoms with van der Waals surface area (Å²) in [6.45, 7) is 4.67. The minimum absolute atomic E-state index is 0.362. The van der Waals surface area contributed by atoms with E-state index >= 15 is 0 Å². The SMILES string of the molecule is COc1ccc(NC(N)=NCCc2c(C)nn(C)c2C)cc1OC. The van der Waals surface area contributed by atoms with Gasteiger partial charge in [0, 0.05) is 31.0 Å². The van der Waals surface area contributed by atoms with Gasteiger partial charge in [0.25, 0.3) is 0 Å². The molecule has 1 aromatic carbocycles. The molecule has 0 saturated carbocycles. The molecule has 0 bridgehead atoms. The molecular formula is C17H25N5O2. The standard InChI is InChI=1S/C17H25N5O2/c1-11-14(12(2)22(3)21-11)8-9-19-17(18)20-13-6-7-15(23-4)16(10-13)24-5/h6-7,10H,8-9H2,1-5H3,(H3,18,19,20). The van der Waals surface area contributed by atoms with Crippen LogP contribution in [0.4, 0.5) is 5.69 Å². The Kier molecular flexibility index (Phi) is 5.68. The number of nitrogens with two attached hydrogens (primary N) is 1. The van der Waals surface area contributed by atoms with E-state index in [9.17, 15) is 0 Å². The highest BCUT2D eigenvalue weighted by molar-refractivity contribution is 5.92. The number of hydrogen-bond donors (Lipinski definition) is 2. The van der Waals surface area contributed by atoms with E-state index in [1.807, 2.05) is 36.9 Å². The number of nitrogens with zero attached hydrogens (tertiary/aromatic N) is 3. The number of rotatable bonds is 6. The summed E-state index contributed by atoms with van der Waals surface area (Å²) in [5, 5.41) is 7.47. The van der Waals surface area contributed by atoms with Gasteiger partial charge in [-0.2, -0.15) is 5.10 Å². The number of anilines is 1. The second kappa shape index (κ2) is 7.72. The lowest BCUT2D eigenvalue weighted by Crippen LogP contribution is -2.23. The van der Waals surface area contributed by atoms with Gasteiger partial charge in [-0.1, -0.05) is 0 Å². The molecule has 2 rings (SSSR count). The molecule has 0 spiro atoms. The van der Waals surface area contributed by atoms with Crippen molar-refractivity contribution in [1.82, 2.24) is 9.78 Å². The minimum atomic E-state index is 0.362. The number of nitrogens with one attached hydrogen (secondary N) is 1. The average molecular weight is 331 g/mol. The Hall–Kier alpha value is -2.70. The molecule has 0 fully saturated rings. The molecule has 3 N–H and O–H groups in total. The number of aromatic nitrogens is 2. The maximum Gasteiger partial charge on any atom is 0.193 e. The molecule has 7 heteroatoms. The van der Waals surface area contributed by atoms with E-state index < -0.39 is 0 Å². The topological polar surface area (TPSA) is 86.7 Å². The van der Waals surface area contributed by atoms with Crippen LogP contribution in [0.2, 0.25) is 0 Å². The van der Waals surface area contributed by atoms with Gasteiger partial charge in [0.15, 0.2) is 17.5 Å². The summed E-state index contributed by atoms with van der Waals surface area (Å²) in [5.74, 6) is 1.67. The highest BCUT2D eigenvalue weighted by atomic mass is 16.5. The van der Waals surface area contributed by atoms with Crippen LogP contribution in [0.1, 0.15) is 17.0 Å². The largest absolute Gasteiger partial charge is 0.493 e. The third-order valence-electron chi connectivity index (χ3n) is 3.96.